The number of esters is 1. The number of ether oxygens (including phenoxy) is 2. The van der Waals surface area contributed by atoms with E-state index in [0.717, 1.165) is 16.7 Å². The van der Waals surface area contributed by atoms with E-state index in [4.69, 9.17) is 9.47 Å². The number of para-hydroxylation sites is 2. The van der Waals surface area contributed by atoms with E-state index in [-0.39, 0.29) is 36.2 Å². The molecule has 0 aliphatic carbocycles. The Labute approximate surface area is 203 Å². The number of amides is 2. The van der Waals surface area contributed by atoms with Crippen LogP contribution in [0.15, 0.2) is 66.7 Å². The van der Waals surface area contributed by atoms with Crippen molar-refractivity contribution >= 4 is 23.5 Å². The molecule has 0 unspecified atom stereocenters. The number of rotatable bonds is 9. The molecule has 0 aliphatic heterocycles. The first-order valence-corrected chi connectivity index (χ1v) is 11.0. The Bertz CT molecular complexity index is 1190. The molecule has 2 amide bonds. The van der Waals surface area contributed by atoms with Gasteiger partial charge in [0.1, 0.15) is 23.7 Å². The molecule has 0 atom stereocenters. The number of hydrogen-bond donors (Lipinski definition) is 1. The smallest absolute Gasteiger partial charge is 0.342 e. The van der Waals surface area contributed by atoms with Crippen molar-refractivity contribution in [3.63, 3.8) is 0 Å². The van der Waals surface area contributed by atoms with Crippen LogP contribution in [0.1, 0.15) is 27.0 Å². The van der Waals surface area contributed by atoms with Crippen molar-refractivity contribution in [3.05, 3.63) is 94.8 Å². The molecule has 0 heterocycles. The monoisotopic (exact) mass is 478 g/mol. The fourth-order valence-electron chi connectivity index (χ4n) is 3.31. The SMILES string of the molecule is Cc1cccc(C)c1NC(=O)CN(C)C(=O)COC(=O)c1ccccc1OCc1ccc(F)cc1. The van der Waals surface area contributed by atoms with Crippen molar-refractivity contribution in [1.82, 2.24) is 4.90 Å². The van der Waals surface area contributed by atoms with Crippen LogP contribution in [-0.2, 0) is 20.9 Å². The fourth-order valence-corrected chi connectivity index (χ4v) is 3.31. The van der Waals surface area contributed by atoms with Gasteiger partial charge in [0.25, 0.3) is 5.91 Å². The Balaban J connectivity index is 1.52. The highest BCUT2D eigenvalue weighted by atomic mass is 19.1. The van der Waals surface area contributed by atoms with Crippen molar-refractivity contribution in [3.8, 4) is 5.75 Å². The Morgan fingerprint density at radius 1 is 0.914 bits per heavy atom. The summed E-state index contributed by atoms with van der Waals surface area (Å²) in [6.45, 7) is 3.18. The molecule has 0 bridgehead atoms. The Morgan fingerprint density at radius 3 is 2.26 bits per heavy atom. The number of anilines is 1. The first-order chi connectivity index (χ1) is 16.7. The van der Waals surface area contributed by atoms with Crippen LogP contribution in [0.25, 0.3) is 0 Å². The van der Waals surface area contributed by atoms with Gasteiger partial charge in [0, 0.05) is 12.7 Å². The Morgan fingerprint density at radius 2 is 1.57 bits per heavy atom. The van der Waals surface area contributed by atoms with E-state index in [9.17, 15) is 18.8 Å². The zero-order valence-electron chi connectivity index (χ0n) is 19.8. The molecule has 0 fully saturated rings. The largest absolute Gasteiger partial charge is 0.488 e. The molecule has 7 nitrogen and oxygen atoms in total. The average molecular weight is 479 g/mol. The third-order valence-corrected chi connectivity index (χ3v) is 5.29. The minimum atomic E-state index is -0.735. The predicted molar refractivity (Wildman–Crippen MR) is 130 cm³/mol. The molecule has 182 valence electrons. The summed E-state index contributed by atoms with van der Waals surface area (Å²) >= 11 is 0. The fraction of sp³-hybridized carbons (Fsp3) is 0.222. The summed E-state index contributed by atoms with van der Waals surface area (Å²) < 4.78 is 23.9. The molecule has 0 radical (unpaired) electrons. The number of halogens is 1. The molecule has 1 N–H and O–H groups in total. The van der Waals surface area contributed by atoms with Gasteiger partial charge in [-0.15, -0.1) is 0 Å². The normalized spacial score (nSPS) is 10.4. The van der Waals surface area contributed by atoms with Crippen LogP contribution in [0.4, 0.5) is 10.1 Å². The maximum atomic E-state index is 13.1. The summed E-state index contributed by atoms with van der Waals surface area (Å²) in [5.74, 6) is -1.70. The lowest BCUT2D eigenvalue weighted by molar-refractivity contribution is -0.136. The first-order valence-electron chi connectivity index (χ1n) is 11.0. The molecular formula is C27H27FN2O5. The van der Waals surface area contributed by atoms with Crippen LogP contribution in [0.2, 0.25) is 0 Å². The van der Waals surface area contributed by atoms with Crippen molar-refractivity contribution in [2.24, 2.45) is 0 Å². The van der Waals surface area contributed by atoms with Gasteiger partial charge in [-0.3, -0.25) is 9.59 Å². The minimum absolute atomic E-state index is 0.127. The zero-order valence-corrected chi connectivity index (χ0v) is 19.8. The number of aryl methyl sites for hydroxylation is 2. The lowest BCUT2D eigenvalue weighted by atomic mass is 10.1. The number of hydrogen-bond acceptors (Lipinski definition) is 5. The highest BCUT2D eigenvalue weighted by Gasteiger charge is 2.19. The highest BCUT2D eigenvalue weighted by Crippen LogP contribution is 2.21. The van der Waals surface area contributed by atoms with Crippen LogP contribution in [0.5, 0.6) is 5.75 Å². The molecule has 0 aliphatic rings. The van der Waals surface area contributed by atoms with Gasteiger partial charge < -0.3 is 19.7 Å². The predicted octanol–water partition coefficient (Wildman–Crippen LogP) is 4.28. The highest BCUT2D eigenvalue weighted by molar-refractivity contribution is 5.97. The first kappa shape index (κ1) is 25.4. The topological polar surface area (TPSA) is 84.9 Å². The Kier molecular flexibility index (Phi) is 8.56. The summed E-state index contributed by atoms with van der Waals surface area (Å²) in [4.78, 5) is 38.6. The molecule has 0 spiro atoms. The van der Waals surface area contributed by atoms with Crippen LogP contribution in [0, 0.1) is 19.7 Å². The van der Waals surface area contributed by atoms with Gasteiger partial charge in [-0.1, -0.05) is 42.5 Å². The third kappa shape index (κ3) is 7.14. The summed E-state index contributed by atoms with van der Waals surface area (Å²) in [6, 6.07) is 18.0. The van der Waals surface area contributed by atoms with Crippen molar-refractivity contribution in [1.29, 1.82) is 0 Å². The maximum Gasteiger partial charge on any atom is 0.342 e. The Hall–Kier alpha value is -4.20. The molecular weight excluding hydrogens is 451 g/mol. The second-order valence-electron chi connectivity index (χ2n) is 8.05. The number of nitrogens with one attached hydrogen (secondary N) is 1. The lowest BCUT2D eigenvalue weighted by Crippen LogP contribution is -2.37. The van der Waals surface area contributed by atoms with Crippen molar-refractivity contribution in [2.75, 3.05) is 25.5 Å². The minimum Gasteiger partial charge on any atom is -0.488 e. The van der Waals surface area contributed by atoms with Crippen LogP contribution < -0.4 is 10.1 Å². The van der Waals surface area contributed by atoms with Crippen molar-refractivity contribution in [2.45, 2.75) is 20.5 Å². The van der Waals surface area contributed by atoms with E-state index in [1.54, 1.807) is 30.3 Å². The maximum absolute atomic E-state index is 13.1. The third-order valence-electron chi connectivity index (χ3n) is 5.29. The van der Waals surface area contributed by atoms with E-state index in [1.165, 1.54) is 30.1 Å². The van der Waals surface area contributed by atoms with Crippen LogP contribution >= 0.6 is 0 Å². The number of likely N-dealkylation sites (N-methyl/N-ethyl adjacent to an activating group) is 1. The van der Waals surface area contributed by atoms with E-state index in [2.05, 4.69) is 5.32 Å². The molecule has 0 aromatic heterocycles. The number of carbonyl (C=O) groups excluding carboxylic acids is 3. The summed E-state index contributed by atoms with van der Waals surface area (Å²) in [5, 5.41) is 2.82. The number of benzene rings is 3. The van der Waals surface area contributed by atoms with Crippen molar-refractivity contribution < 1.29 is 28.2 Å². The molecule has 3 aromatic rings. The molecule has 0 saturated heterocycles. The molecule has 3 rings (SSSR count). The summed E-state index contributed by atoms with van der Waals surface area (Å²) in [7, 11) is 1.46. The van der Waals surface area contributed by atoms with E-state index >= 15 is 0 Å². The van der Waals surface area contributed by atoms with Crippen LogP contribution in [0.3, 0.4) is 0 Å². The van der Waals surface area contributed by atoms with Gasteiger partial charge in [0.2, 0.25) is 5.91 Å². The van der Waals surface area contributed by atoms with E-state index in [1.807, 2.05) is 32.0 Å². The molecule has 35 heavy (non-hydrogen) atoms. The second-order valence-corrected chi connectivity index (χ2v) is 8.05. The average Bonchev–Trinajstić information content (AvgIpc) is 2.84. The summed E-state index contributed by atoms with van der Waals surface area (Å²) in [5.41, 5.74) is 3.42. The van der Waals surface area contributed by atoms with E-state index in [0.29, 0.717) is 5.69 Å². The summed E-state index contributed by atoms with van der Waals surface area (Å²) in [6.07, 6.45) is 0. The van der Waals surface area contributed by atoms with Crippen LogP contribution in [-0.4, -0.2) is 42.9 Å². The van der Waals surface area contributed by atoms with Gasteiger partial charge >= 0.3 is 5.97 Å². The number of nitrogens with zero attached hydrogens (tertiary/aromatic N) is 1. The number of carbonyl (C=O) groups is 3. The van der Waals surface area contributed by atoms with Gasteiger partial charge in [-0.25, -0.2) is 9.18 Å². The molecule has 0 saturated carbocycles. The standard InChI is InChI=1S/C27H27FN2O5/c1-18-7-6-8-19(2)26(18)29-24(31)15-30(3)25(32)17-35-27(33)22-9-4-5-10-23(22)34-16-20-11-13-21(28)14-12-20/h4-14H,15-17H2,1-3H3,(H,29,31). The molecule has 3 aromatic carbocycles. The quantitative estimate of drug-likeness (QED) is 0.464. The van der Waals surface area contributed by atoms with E-state index < -0.39 is 18.5 Å². The second kappa shape index (κ2) is 11.8. The van der Waals surface area contributed by atoms with Gasteiger partial charge in [-0.2, -0.15) is 0 Å². The molecule has 8 heteroatoms. The van der Waals surface area contributed by atoms with Gasteiger partial charge in [0.05, 0.1) is 6.54 Å². The lowest BCUT2D eigenvalue weighted by Gasteiger charge is -2.18. The van der Waals surface area contributed by atoms with Gasteiger partial charge in [-0.05, 0) is 54.8 Å². The zero-order chi connectivity index (χ0) is 25.4. The van der Waals surface area contributed by atoms with Gasteiger partial charge in [0.15, 0.2) is 6.61 Å².